The number of nitriles is 1. The van der Waals surface area contributed by atoms with Gasteiger partial charge in [0.25, 0.3) is 0 Å². The molecule has 2 rings (SSSR count). The largest absolute Gasteiger partial charge is 0.192 e. The summed E-state index contributed by atoms with van der Waals surface area (Å²) in [5.41, 5.74) is 2.22. The minimum Gasteiger partial charge on any atom is -0.192 e. The molecule has 0 amide bonds. The maximum absolute atomic E-state index is 9.05. The van der Waals surface area contributed by atoms with Crippen molar-refractivity contribution in [1.82, 2.24) is 0 Å². The van der Waals surface area contributed by atoms with Crippen LogP contribution in [0.1, 0.15) is 17.5 Å². The Balaban J connectivity index is 2.54. The highest BCUT2D eigenvalue weighted by molar-refractivity contribution is 8.21. The van der Waals surface area contributed by atoms with E-state index in [4.69, 9.17) is 5.26 Å². The molecule has 5 heteroatoms. The summed E-state index contributed by atoms with van der Waals surface area (Å²) in [5, 5.41) is 9.05. The van der Waals surface area contributed by atoms with Crippen molar-refractivity contribution in [3.63, 3.8) is 0 Å². The Morgan fingerprint density at radius 1 is 1.00 bits per heavy atom. The van der Waals surface area contributed by atoms with Crippen LogP contribution in [0.25, 0.3) is 0 Å². The van der Waals surface area contributed by atoms with E-state index < -0.39 is 15.2 Å². The third kappa shape index (κ3) is 3.01. The summed E-state index contributed by atoms with van der Waals surface area (Å²) < 4.78 is 0.268. The van der Waals surface area contributed by atoms with E-state index in [0.717, 1.165) is 5.56 Å². The molecule has 0 bridgehead atoms. The quantitative estimate of drug-likeness (QED) is 0.695. The first-order valence-electron chi connectivity index (χ1n) is 7.53. The van der Waals surface area contributed by atoms with Crippen LogP contribution in [0.15, 0.2) is 24.3 Å². The molecule has 0 unspecified atom stereocenters. The maximum atomic E-state index is 9.05. The smallest absolute Gasteiger partial charge is 0.0991 e. The van der Waals surface area contributed by atoms with E-state index in [1.165, 1.54) is 23.5 Å². The highest BCUT2D eigenvalue weighted by Crippen LogP contribution is 2.57. The van der Waals surface area contributed by atoms with Crippen molar-refractivity contribution >= 4 is 38.7 Å². The predicted octanol–water partition coefficient (Wildman–Crippen LogP) is 5.25. The lowest BCUT2D eigenvalue weighted by Gasteiger charge is -2.52. The molecule has 1 aromatic carbocycles. The summed E-state index contributed by atoms with van der Waals surface area (Å²) in [6, 6.07) is 10.7. The van der Waals surface area contributed by atoms with E-state index in [2.05, 4.69) is 74.5 Å². The molecule has 0 aliphatic carbocycles. The Kier molecular flexibility index (Phi) is 5.04. The number of hydrogen-bond donors (Lipinski definition) is 0. The summed E-state index contributed by atoms with van der Waals surface area (Å²) in [7, 11) is -2.66. The lowest BCUT2D eigenvalue weighted by atomic mass is 10.2. The summed E-state index contributed by atoms with van der Waals surface area (Å²) in [5.74, 6) is 2.54. The molecule has 0 saturated carbocycles. The first-order chi connectivity index (χ1) is 9.74. The van der Waals surface area contributed by atoms with Crippen molar-refractivity contribution in [3.8, 4) is 6.07 Å². The molecule has 21 heavy (non-hydrogen) atoms. The van der Waals surface area contributed by atoms with Gasteiger partial charge in [0, 0.05) is 7.59 Å². The first kappa shape index (κ1) is 17.2. The van der Waals surface area contributed by atoms with Crippen molar-refractivity contribution in [1.29, 1.82) is 5.26 Å². The maximum Gasteiger partial charge on any atom is 0.0991 e. The van der Waals surface area contributed by atoms with Gasteiger partial charge in [0.2, 0.25) is 0 Å². The molecule has 1 aliphatic heterocycles. The molecule has 1 nitrogen and oxygen atoms in total. The zero-order valence-corrected chi connectivity index (χ0v) is 17.3. The summed E-state index contributed by atoms with van der Waals surface area (Å²) >= 11 is 4.38. The van der Waals surface area contributed by atoms with Crippen LogP contribution in [0.5, 0.6) is 0 Å². The zero-order valence-electron chi connectivity index (χ0n) is 13.7. The Labute approximate surface area is 139 Å². The number of benzene rings is 1. The molecule has 1 aliphatic rings. The van der Waals surface area contributed by atoms with Gasteiger partial charge < -0.3 is 0 Å². The third-order valence-corrected chi connectivity index (χ3v) is 31.0. The highest BCUT2D eigenvalue weighted by atomic mass is 32.2. The van der Waals surface area contributed by atoms with E-state index in [-0.39, 0.29) is 3.70 Å². The molecule has 1 aromatic rings. The molecule has 0 radical (unpaired) electrons. The highest BCUT2D eigenvalue weighted by Gasteiger charge is 2.56. The van der Waals surface area contributed by atoms with E-state index in [9.17, 15) is 0 Å². The Bertz CT molecular complexity index is 535. The molecule has 1 fully saturated rings. The second kappa shape index (κ2) is 6.15. The SMILES string of the molecule is C[Si](C)(C)[Si](C)(C)C1(c2ccc(C#N)cc2)SCCCS1. The van der Waals surface area contributed by atoms with E-state index in [1.54, 1.807) is 0 Å². The van der Waals surface area contributed by atoms with Gasteiger partial charge in [0.15, 0.2) is 0 Å². The van der Waals surface area contributed by atoms with Crippen molar-refractivity contribution < 1.29 is 0 Å². The van der Waals surface area contributed by atoms with Crippen LogP contribution < -0.4 is 0 Å². The molecule has 0 aromatic heterocycles. The van der Waals surface area contributed by atoms with Crippen LogP contribution in [0, 0.1) is 11.3 Å². The average Bonchev–Trinajstić information content (AvgIpc) is 2.47. The second-order valence-corrected chi connectivity index (χ2v) is 27.6. The monoisotopic (exact) mass is 351 g/mol. The number of nitrogens with zero attached hydrogens (tertiary/aromatic N) is 1. The summed E-state index contributed by atoms with van der Waals surface area (Å²) in [4.78, 5) is 0. The molecule has 1 heterocycles. The molecule has 0 spiro atoms. The summed E-state index contributed by atoms with van der Waals surface area (Å²) in [6.07, 6.45) is 1.32. The van der Waals surface area contributed by atoms with Gasteiger partial charge in [-0.2, -0.15) is 5.26 Å². The van der Waals surface area contributed by atoms with Crippen molar-refractivity contribution in [3.05, 3.63) is 35.4 Å². The molecule has 114 valence electrons. The van der Waals surface area contributed by atoms with E-state index in [1.807, 2.05) is 12.1 Å². The van der Waals surface area contributed by atoms with E-state index >= 15 is 0 Å². The van der Waals surface area contributed by atoms with Crippen LogP contribution in [-0.2, 0) is 3.70 Å². The van der Waals surface area contributed by atoms with E-state index in [0.29, 0.717) is 0 Å². The number of hydrogen-bond acceptors (Lipinski definition) is 3. The van der Waals surface area contributed by atoms with Gasteiger partial charge in [-0.05, 0) is 35.6 Å². The Morgan fingerprint density at radius 2 is 1.52 bits per heavy atom. The van der Waals surface area contributed by atoms with Crippen LogP contribution in [0.4, 0.5) is 0 Å². The fourth-order valence-corrected chi connectivity index (χ4v) is 21.0. The van der Waals surface area contributed by atoms with Gasteiger partial charge in [0.05, 0.1) is 22.9 Å². The fourth-order valence-electron chi connectivity index (χ4n) is 2.68. The van der Waals surface area contributed by atoms with Gasteiger partial charge in [0.1, 0.15) is 0 Å². The van der Waals surface area contributed by atoms with Crippen molar-refractivity contribution in [2.24, 2.45) is 0 Å². The second-order valence-electron chi connectivity index (χ2n) is 7.23. The van der Waals surface area contributed by atoms with Crippen LogP contribution in [0.2, 0.25) is 32.7 Å². The average molecular weight is 352 g/mol. The van der Waals surface area contributed by atoms with Gasteiger partial charge in [-0.3, -0.25) is 0 Å². The van der Waals surface area contributed by atoms with Gasteiger partial charge >= 0.3 is 0 Å². The first-order valence-corrected chi connectivity index (χ1v) is 17.0. The lowest BCUT2D eigenvalue weighted by Crippen LogP contribution is -2.64. The normalized spacial score (nSPS) is 19.0. The van der Waals surface area contributed by atoms with Gasteiger partial charge in [-0.15, -0.1) is 23.5 Å². The zero-order chi connectivity index (χ0) is 15.7. The molecule has 1 saturated heterocycles. The van der Waals surface area contributed by atoms with Gasteiger partial charge in [-0.25, -0.2) is 0 Å². The van der Waals surface area contributed by atoms with Gasteiger partial charge in [-0.1, -0.05) is 44.9 Å². The fraction of sp³-hybridized carbons (Fsp3) is 0.562. The topological polar surface area (TPSA) is 23.8 Å². The van der Waals surface area contributed by atoms with Crippen LogP contribution in [0.3, 0.4) is 0 Å². The third-order valence-electron chi connectivity index (χ3n) is 4.99. The van der Waals surface area contributed by atoms with Crippen molar-refractivity contribution in [2.75, 3.05) is 11.5 Å². The van der Waals surface area contributed by atoms with Crippen LogP contribution >= 0.6 is 23.5 Å². The Hall–Kier alpha value is -0.156. The minimum absolute atomic E-state index is 0.268. The predicted molar refractivity (Wildman–Crippen MR) is 103 cm³/mol. The Morgan fingerprint density at radius 3 is 1.95 bits per heavy atom. The molecular formula is C16H25NS2Si2. The number of thioether (sulfide) groups is 2. The molecular weight excluding hydrogens is 326 g/mol. The standard InChI is InChI=1S/C16H25NS2Si2/c1-20(2,3)21(4,5)16(18-11-6-12-19-16)15-9-7-14(13-17)8-10-15/h7-10H,6,11-12H2,1-5H3. The number of rotatable bonds is 3. The van der Waals surface area contributed by atoms with Crippen LogP contribution in [-0.4, -0.2) is 26.7 Å². The molecule has 0 N–H and O–H groups in total. The summed E-state index contributed by atoms with van der Waals surface area (Å²) in [6.45, 7) is 12.8. The van der Waals surface area contributed by atoms with Crippen molar-refractivity contribution in [2.45, 2.75) is 42.9 Å². The molecule has 0 atom stereocenters. The lowest BCUT2D eigenvalue weighted by molar-refractivity contribution is 1.06. The minimum atomic E-state index is -1.44.